The van der Waals surface area contributed by atoms with Crippen molar-refractivity contribution in [3.05, 3.63) is 66.2 Å². The number of carbonyl (C=O) groups is 1. The number of amides is 1. The maximum absolute atomic E-state index is 12.5. The maximum Gasteiger partial charge on any atom is 0.233 e. The Hall–Kier alpha value is -2.15. The van der Waals surface area contributed by atoms with E-state index in [2.05, 4.69) is 52.4 Å². The van der Waals surface area contributed by atoms with Gasteiger partial charge in [0.15, 0.2) is 4.34 Å². The van der Waals surface area contributed by atoms with Crippen LogP contribution >= 0.6 is 23.1 Å². The lowest BCUT2D eigenvalue weighted by Crippen LogP contribution is -2.49. The zero-order valence-corrected chi connectivity index (χ0v) is 17.3. The Morgan fingerprint density at radius 2 is 1.79 bits per heavy atom. The first-order valence-corrected chi connectivity index (χ1v) is 11.3. The third kappa shape index (κ3) is 5.01. The first kappa shape index (κ1) is 19.2. The molecule has 0 N–H and O–H groups in total. The molecule has 2 aromatic carbocycles. The smallest absolute Gasteiger partial charge is 0.233 e. The number of para-hydroxylation sites is 1. The lowest BCUT2D eigenvalue weighted by Gasteiger charge is -2.34. The Morgan fingerprint density at radius 3 is 2.57 bits per heavy atom. The van der Waals surface area contributed by atoms with Gasteiger partial charge in [0, 0.05) is 32.7 Å². The number of fused-ring (bicyclic) bond motifs is 1. The minimum Gasteiger partial charge on any atom is -0.339 e. The van der Waals surface area contributed by atoms with Crippen molar-refractivity contribution in [1.82, 2.24) is 14.8 Å². The fourth-order valence-electron chi connectivity index (χ4n) is 3.21. The van der Waals surface area contributed by atoms with E-state index in [4.69, 9.17) is 0 Å². The number of nitrogens with zero attached hydrogens (tertiary/aromatic N) is 3. The van der Waals surface area contributed by atoms with E-state index < -0.39 is 0 Å². The molecule has 0 atom stereocenters. The van der Waals surface area contributed by atoms with Gasteiger partial charge in [0.05, 0.1) is 16.0 Å². The van der Waals surface area contributed by atoms with Gasteiger partial charge in [-0.2, -0.15) is 0 Å². The van der Waals surface area contributed by atoms with E-state index in [1.54, 1.807) is 23.1 Å². The fraction of sp³-hybridized carbons (Fsp3) is 0.273. The molecule has 0 saturated carbocycles. The summed E-state index contributed by atoms with van der Waals surface area (Å²) in [5, 5.41) is 0. The molecule has 1 aliphatic heterocycles. The van der Waals surface area contributed by atoms with E-state index in [0.29, 0.717) is 5.75 Å². The summed E-state index contributed by atoms with van der Waals surface area (Å²) < 4.78 is 2.15. The van der Waals surface area contributed by atoms with Crippen LogP contribution in [0.1, 0.15) is 5.56 Å². The molecular weight excluding hydrogens is 386 g/mol. The van der Waals surface area contributed by atoms with Crippen LogP contribution in [0.4, 0.5) is 0 Å². The second kappa shape index (κ2) is 9.37. The van der Waals surface area contributed by atoms with Gasteiger partial charge in [-0.3, -0.25) is 9.69 Å². The highest BCUT2D eigenvalue weighted by atomic mass is 32.2. The van der Waals surface area contributed by atoms with Gasteiger partial charge < -0.3 is 4.90 Å². The van der Waals surface area contributed by atoms with Crippen LogP contribution < -0.4 is 0 Å². The normalized spacial score (nSPS) is 15.5. The lowest BCUT2D eigenvalue weighted by atomic mass is 10.2. The quantitative estimate of drug-likeness (QED) is 0.571. The Morgan fingerprint density at radius 1 is 1.04 bits per heavy atom. The molecule has 0 radical (unpaired) electrons. The topological polar surface area (TPSA) is 36.4 Å². The monoisotopic (exact) mass is 409 g/mol. The van der Waals surface area contributed by atoms with Crippen molar-refractivity contribution in [1.29, 1.82) is 0 Å². The van der Waals surface area contributed by atoms with Crippen molar-refractivity contribution in [2.75, 3.05) is 38.5 Å². The molecule has 1 fully saturated rings. The van der Waals surface area contributed by atoms with Crippen molar-refractivity contribution in [2.24, 2.45) is 0 Å². The highest BCUT2D eigenvalue weighted by Crippen LogP contribution is 2.29. The molecule has 1 saturated heterocycles. The number of aromatic nitrogens is 1. The number of piperazine rings is 1. The van der Waals surface area contributed by atoms with Crippen LogP contribution in [0, 0.1) is 0 Å². The average molecular weight is 410 g/mol. The van der Waals surface area contributed by atoms with E-state index in [-0.39, 0.29) is 5.91 Å². The van der Waals surface area contributed by atoms with Gasteiger partial charge in [-0.05, 0) is 17.7 Å². The van der Waals surface area contributed by atoms with E-state index in [1.165, 1.54) is 10.3 Å². The summed E-state index contributed by atoms with van der Waals surface area (Å²) in [5.41, 5.74) is 2.24. The molecule has 4 nitrogen and oxygen atoms in total. The van der Waals surface area contributed by atoms with Crippen LogP contribution in [0.2, 0.25) is 0 Å². The maximum atomic E-state index is 12.5. The molecule has 1 aromatic heterocycles. The summed E-state index contributed by atoms with van der Waals surface area (Å²) in [6, 6.07) is 18.5. The summed E-state index contributed by atoms with van der Waals surface area (Å²) >= 11 is 3.21. The van der Waals surface area contributed by atoms with Gasteiger partial charge in [0.2, 0.25) is 5.91 Å². The van der Waals surface area contributed by atoms with Crippen LogP contribution in [0.25, 0.3) is 16.3 Å². The zero-order chi connectivity index (χ0) is 19.2. The SMILES string of the molecule is O=C(CSc1nc2ccccc2s1)N1CCN(C/C=C/c2ccccc2)CC1. The molecule has 144 valence electrons. The van der Waals surface area contributed by atoms with E-state index in [0.717, 1.165) is 42.6 Å². The standard InChI is InChI=1S/C22H23N3OS2/c26-21(17-27-22-23-19-10-4-5-11-20(19)28-22)25-15-13-24(14-16-25)12-6-9-18-7-2-1-3-8-18/h1-11H,12-17H2/b9-6+. The molecule has 0 spiro atoms. The molecule has 6 heteroatoms. The van der Waals surface area contributed by atoms with Crippen LogP contribution in [-0.4, -0.2) is 59.2 Å². The van der Waals surface area contributed by atoms with Gasteiger partial charge >= 0.3 is 0 Å². The predicted molar refractivity (Wildman–Crippen MR) is 119 cm³/mol. The molecule has 4 rings (SSSR count). The average Bonchev–Trinajstić information content (AvgIpc) is 3.16. The summed E-state index contributed by atoms with van der Waals surface area (Å²) in [6.07, 6.45) is 4.36. The molecular formula is C22H23N3OS2. The lowest BCUT2D eigenvalue weighted by molar-refractivity contribution is -0.129. The van der Waals surface area contributed by atoms with Gasteiger partial charge in [0.25, 0.3) is 0 Å². The highest BCUT2D eigenvalue weighted by molar-refractivity contribution is 8.01. The predicted octanol–water partition coefficient (Wildman–Crippen LogP) is 4.25. The number of hydrogen-bond donors (Lipinski definition) is 0. The van der Waals surface area contributed by atoms with Crippen LogP contribution in [0.15, 0.2) is 65.0 Å². The Kier molecular flexibility index (Phi) is 6.41. The second-order valence-electron chi connectivity index (χ2n) is 6.73. The van der Waals surface area contributed by atoms with Crippen molar-refractivity contribution < 1.29 is 4.79 Å². The van der Waals surface area contributed by atoms with E-state index >= 15 is 0 Å². The zero-order valence-electron chi connectivity index (χ0n) is 15.7. The van der Waals surface area contributed by atoms with Crippen LogP contribution in [0.5, 0.6) is 0 Å². The van der Waals surface area contributed by atoms with Crippen molar-refractivity contribution >= 4 is 45.3 Å². The number of benzene rings is 2. The first-order chi connectivity index (χ1) is 13.8. The minimum atomic E-state index is 0.212. The number of carbonyl (C=O) groups excluding carboxylic acids is 1. The third-order valence-electron chi connectivity index (χ3n) is 4.79. The summed E-state index contributed by atoms with van der Waals surface area (Å²) in [6.45, 7) is 4.39. The number of thiazole rings is 1. The fourth-order valence-corrected chi connectivity index (χ4v) is 5.18. The third-order valence-corrected chi connectivity index (χ3v) is 6.96. The summed E-state index contributed by atoms with van der Waals surface area (Å²) in [7, 11) is 0. The largest absolute Gasteiger partial charge is 0.339 e. The van der Waals surface area contributed by atoms with E-state index in [1.807, 2.05) is 29.2 Å². The van der Waals surface area contributed by atoms with Crippen molar-refractivity contribution in [3.63, 3.8) is 0 Å². The van der Waals surface area contributed by atoms with Crippen molar-refractivity contribution in [3.8, 4) is 0 Å². The Balaban J connectivity index is 1.21. The van der Waals surface area contributed by atoms with Gasteiger partial charge in [-0.15, -0.1) is 11.3 Å². The van der Waals surface area contributed by atoms with Crippen LogP contribution in [0.3, 0.4) is 0 Å². The molecule has 0 unspecified atom stereocenters. The summed E-state index contributed by atoms with van der Waals surface area (Å²) in [5.74, 6) is 0.678. The highest BCUT2D eigenvalue weighted by Gasteiger charge is 2.20. The molecule has 1 aliphatic rings. The molecule has 0 aliphatic carbocycles. The Bertz CT molecular complexity index is 914. The van der Waals surface area contributed by atoms with E-state index in [9.17, 15) is 4.79 Å². The number of rotatable bonds is 6. The number of hydrogen-bond acceptors (Lipinski definition) is 5. The molecule has 0 bridgehead atoms. The molecule has 1 amide bonds. The van der Waals surface area contributed by atoms with Crippen molar-refractivity contribution in [2.45, 2.75) is 4.34 Å². The molecule has 28 heavy (non-hydrogen) atoms. The minimum absolute atomic E-state index is 0.212. The van der Waals surface area contributed by atoms with Crippen LogP contribution in [-0.2, 0) is 4.79 Å². The van der Waals surface area contributed by atoms with Gasteiger partial charge in [-0.25, -0.2) is 4.98 Å². The van der Waals surface area contributed by atoms with Gasteiger partial charge in [0.1, 0.15) is 0 Å². The molecule has 2 heterocycles. The Labute approximate surface area is 173 Å². The second-order valence-corrected chi connectivity index (χ2v) is 8.98. The number of thioether (sulfide) groups is 1. The van der Waals surface area contributed by atoms with Gasteiger partial charge in [-0.1, -0.05) is 66.4 Å². The summed E-state index contributed by atoms with van der Waals surface area (Å²) in [4.78, 5) is 21.5. The molecule has 3 aromatic rings. The first-order valence-electron chi connectivity index (χ1n) is 9.48.